The summed E-state index contributed by atoms with van der Waals surface area (Å²) in [7, 11) is 1.84. The molecule has 0 aliphatic carbocycles. The van der Waals surface area contributed by atoms with Gasteiger partial charge in [0.2, 0.25) is 0 Å². The van der Waals surface area contributed by atoms with Gasteiger partial charge < -0.3 is 4.90 Å². The molecule has 0 bridgehead atoms. The van der Waals surface area contributed by atoms with E-state index >= 15 is 0 Å². The smallest absolute Gasteiger partial charge is 0.254 e. The minimum Gasteiger partial charge on any atom is -0.330 e. The Kier molecular flexibility index (Phi) is 4.74. The summed E-state index contributed by atoms with van der Waals surface area (Å²) in [5, 5.41) is 5.72. The Labute approximate surface area is 184 Å². The zero-order valence-corrected chi connectivity index (χ0v) is 17.9. The van der Waals surface area contributed by atoms with Crippen LogP contribution in [0.2, 0.25) is 5.02 Å². The SMILES string of the molecule is C[C@H]1c2nn(C)c(-c3ccc(Cl)c(F)c3)c2CCN1C(=O)c1ccc2ncccc2c1. The summed E-state index contributed by atoms with van der Waals surface area (Å²) in [6.07, 6.45) is 2.39. The van der Waals surface area contributed by atoms with Crippen LogP contribution in [0, 0.1) is 5.82 Å². The topological polar surface area (TPSA) is 51.0 Å². The van der Waals surface area contributed by atoms with E-state index in [9.17, 15) is 9.18 Å². The molecular formula is C24H20ClFN4O. The second-order valence-corrected chi connectivity index (χ2v) is 8.21. The summed E-state index contributed by atoms with van der Waals surface area (Å²) in [5.41, 5.74) is 4.97. The Hall–Kier alpha value is -3.25. The highest BCUT2D eigenvalue weighted by atomic mass is 35.5. The summed E-state index contributed by atoms with van der Waals surface area (Å²) in [6, 6.07) is 14.0. The zero-order valence-electron chi connectivity index (χ0n) is 17.1. The van der Waals surface area contributed by atoms with E-state index in [1.54, 1.807) is 23.0 Å². The van der Waals surface area contributed by atoms with Crippen molar-refractivity contribution in [3.63, 3.8) is 0 Å². The van der Waals surface area contributed by atoms with E-state index in [-0.39, 0.29) is 17.0 Å². The minimum atomic E-state index is -0.458. The normalized spacial score (nSPS) is 15.9. The van der Waals surface area contributed by atoms with Gasteiger partial charge in [0.15, 0.2) is 0 Å². The van der Waals surface area contributed by atoms with Gasteiger partial charge in [0.25, 0.3) is 5.91 Å². The van der Waals surface area contributed by atoms with Gasteiger partial charge in [-0.25, -0.2) is 4.39 Å². The van der Waals surface area contributed by atoms with Crippen molar-refractivity contribution in [3.05, 3.63) is 82.4 Å². The molecule has 3 heterocycles. The number of fused-ring (bicyclic) bond motifs is 2. The zero-order chi connectivity index (χ0) is 21.7. The predicted molar refractivity (Wildman–Crippen MR) is 119 cm³/mol. The van der Waals surface area contributed by atoms with E-state index in [1.165, 1.54) is 6.07 Å². The third-order valence-corrected chi connectivity index (χ3v) is 6.25. The summed E-state index contributed by atoms with van der Waals surface area (Å²) in [4.78, 5) is 19.5. The van der Waals surface area contributed by atoms with Gasteiger partial charge in [0.05, 0.1) is 28.0 Å². The molecule has 0 saturated heterocycles. The van der Waals surface area contributed by atoms with E-state index in [1.807, 2.05) is 49.2 Å². The Bertz CT molecular complexity index is 1330. The third-order valence-electron chi connectivity index (χ3n) is 5.95. The molecule has 1 amide bonds. The molecule has 0 saturated carbocycles. The van der Waals surface area contributed by atoms with Crippen LogP contribution in [0.15, 0.2) is 54.7 Å². The Balaban J connectivity index is 1.49. The van der Waals surface area contributed by atoms with Crippen molar-refractivity contribution in [2.75, 3.05) is 6.54 Å². The molecule has 1 atom stereocenters. The van der Waals surface area contributed by atoms with Crippen LogP contribution in [0.5, 0.6) is 0 Å². The molecule has 2 aromatic heterocycles. The Morgan fingerprint density at radius 2 is 2.03 bits per heavy atom. The van der Waals surface area contributed by atoms with Gasteiger partial charge in [-0.05, 0) is 49.7 Å². The van der Waals surface area contributed by atoms with E-state index in [4.69, 9.17) is 16.7 Å². The van der Waals surface area contributed by atoms with Crippen LogP contribution in [-0.2, 0) is 13.5 Å². The van der Waals surface area contributed by atoms with Crippen molar-refractivity contribution >= 4 is 28.4 Å². The Morgan fingerprint density at radius 1 is 1.19 bits per heavy atom. The molecule has 5 rings (SSSR count). The van der Waals surface area contributed by atoms with E-state index in [0.29, 0.717) is 18.5 Å². The van der Waals surface area contributed by atoms with Gasteiger partial charge in [-0.1, -0.05) is 23.7 Å². The number of rotatable bonds is 2. The standard InChI is InChI=1S/C24H20ClFN4O/c1-14-22-18(23(29(2)28-22)16-5-7-19(25)20(26)13-16)9-11-30(14)24(31)17-6-8-21-15(12-17)4-3-10-27-21/h3-8,10,12-14H,9,11H2,1-2H3/t14-/m0/s1. The number of amides is 1. The molecule has 1 aliphatic heterocycles. The van der Waals surface area contributed by atoms with Gasteiger partial charge in [-0.3, -0.25) is 14.5 Å². The summed E-state index contributed by atoms with van der Waals surface area (Å²) >= 11 is 5.85. The minimum absolute atomic E-state index is 0.0337. The predicted octanol–water partition coefficient (Wildman–Crippen LogP) is 5.19. The molecule has 0 N–H and O–H groups in total. The van der Waals surface area contributed by atoms with Gasteiger partial charge in [-0.2, -0.15) is 5.10 Å². The largest absolute Gasteiger partial charge is 0.330 e. The monoisotopic (exact) mass is 434 g/mol. The van der Waals surface area contributed by atoms with Gasteiger partial charge in [0.1, 0.15) is 5.82 Å². The van der Waals surface area contributed by atoms with Crippen molar-refractivity contribution in [1.29, 1.82) is 0 Å². The second kappa shape index (κ2) is 7.46. The first-order valence-electron chi connectivity index (χ1n) is 10.1. The molecule has 2 aromatic carbocycles. The number of aromatic nitrogens is 3. The van der Waals surface area contributed by atoms with Crippen LogP contribution in [0.1, 0.15) is 34.6 Å². The highest BCUT2D eigenvalue weighted by Gasteiger charge is 2.33. The van der Waals surface area contributed by atoms with Crippen molar-refractivity contribution < 1.29 is 9.18 Å². The lowest BCUT2D eigenvalue weighted by Gasteiger charge is -2.33. The maximum absolute atomic E-state index is 14.1. The molecule has 0 spiro atoms. The number of pyridine rings is 1. The lowest BCUT2D eigenvalue weighted by atomic mass is 9.95. The third kappa shape index (κ3) is 3.27. The van der Waals surface area contributed by atoms with Gasteiger partial charge in [-0.15, -0.1) is 0 Å². The molecule has 7 heteroatoms. The number of nitrogens with zero attached hydrogens (tertiary/aromatic N) is 4. The Morgan fingerprint density at radius 3 is 2.84 bits per heavy atom. The fourth-order valence-corrected chi connectivity index (χ4v) is 4.52. The summed E-state index contributed by atoms with van der Waals surface area (Å²) in [6.45, 7) is 2.55. The first-order valence-corrected chi connectivity index (χ1v) is 10.5. The van der Waals surface area contributed by atoms with E-state index < -0.39 is 5.82 Å². The van der Waals surface area contributed by atoms with Crippen molar-refractivity contribution in [3.8, 4) is 11.3 Å². The van der Waals surface area contributed by atoms with Crippen LogP contribution in [0.3, 0.4) is 0 Å². The molecule has 156 valence electrons. The van der Waals surface area contributed by atoms with Crippen LogP contribution >= 0.6 is 11.6 Å². The van der Waals surface area contributed by atoms with Crippen LogP contribution in [-0.4, -0.2) is 32.1 Å². The lowest BCUT2D eigenvalue weighted by Crippen LogP contribution is -2.38. The number of aryl methyl sites for hydroxylation is 1. The van der Waals surface area contributed by atoms with Gasteiger partial charge >= 0.3 is 0 Å². The summed E-state index contributed by atoms with van der Waals surface area (Å²) in [5.74, 6) is -0.491. The molecule has 4 aromatic rings. The average Bonchev–Trinajstić information content (AvgIpc) is 3.12. The number of hydrogen-bond acceptors (Lipinski definition) is 3. The summed E-state index contributed by atoms with van der Waals surface area (Å²) < 4.78 is 15.8. The first kappa shape index (κ1) is 19.7. The average molecular weight is 435 g/mol. The van der Waals surface area contributed by atoms with Gasteiger partial charge in [0, 0.05) is 41.9 Å². The molecule has 1 aliphatic rings. The van der Waals surface area contributed by atoms with E-state index in [0.717, 1.165) is 33.4 Å². The highest BCUT2D eigenvalue weighted by Crippen LogP contribution is 2.37. The first-order chi connectivity index (χ1) is 14.9. The maximum Gasteiger partial charge on any atom is 0.254 e. The molecule has 0 unspecified atom stereocenters. The number of halogens is 2. The van der Waals surface area contributed by atoms with Crippen LogP contribution in [0.4, 0.5) is 4.39 Å². The van der Waals surface area contributed by atoms with Crippen molar-refractivity contribution in [2.24, 2.45) is 7.05 Å². The lowest BCUT2D eigenvalue weighted by molar-refractivity contribution is 0.0674. The number of carbonyl (C=O) groups excluding carboxylic acids is 1. The van der Waals surface area contributed by atoms with Crippen LogP contribution in [0.25, 0.3) is 22.2 Å². The van der Waals surface area contributed by atoms with Crippen molar-refractivity contribution in [2.45, 2.75) is 19.4 Å². The fraction of sp³-hybridized carbons (Fsp3) is 0.208. The molecular weight excluding hydrogens is 415 g/mol. The second-order valence-electron chi connectivity index (χ2n) is 7.80. The molecule has 5 nitrogen and oxygen atoms in total. The number of hydrogen-bond donors (Lipinski definition) is 0. The number of benzene rings is 2. The quantitative estimate of drug-likeness (QED) is 0.436. The molecule has 0 fully saturated rings. The molecule has 0 radical (unpaired) electrons. The number of carbonyl (C=O) groups is 1. The fourth-order valence-electron chi connectivity index (χ4n) is 4.40. The maximum atomic E-state index is 14.1. The highest BCUT2D eigenvalue weighted by molar-refractivity contribution is 6.30. The van der Waals surface area contributed by atoms with Crippen molar-refractivity contribution in [1.82, 2.24) is 19.7 Å². The van der Waals surface area contributed by atoms with E-state index in [2.05, 4.69) is 4.98 Å². The van der Waals surface area contributed by atoms with Crippen LogP contribution < -0.4 is 0 Å². The molecule has 31 heavy (non-hydrogen) atoms.